The van der Waals surface area contributed by atoms with E-state index >= 15 is 0 Å². The zero-order valence-corrected chi connectivity index (χ0v) is 6.62. The molecule has 56 valence electrons. The number of halogens is 1. The number of alkyl halides is 1. The molecule has 1 rings (SSSR count). The van der Waals surface area contributed by atoms with Crippen LogP contribution in [0.4, 0.5) is 4.39 Å². The van der Waals surface area contributed by atoms with Crippen LogP contribution in [0.1, 0.15) is 16.5 Å². The molecule has 0 aliphatic carbocycles. The molecule has 0 aliphatic heterocycles. The summed E-state index contributed by atoms with van der Waals surface area (Å²) in [6, 6.07) is 1.54. The van der Waals surface area contributed by atoms with E-state index in [1.807, 2.05) is 18.4 Å². The Kier molecular flexibility index (Phi) is 2.40. The summed E-state index contributed by atoms with van der Waals surface area (Å²) in [5.74, 6) is 0. The second-order valence-corrected chi connectivity index (χ2v) is 3.18. The van der Waals surface area contributed by atoms with Gasteiger partial charge in [0.1, 0.15) is 6.67 Å². The first-order valence-corrected chi connectivity index (χ1v) is 3.99. The summed E-state index contributed by atoms with van der Waals surface area (Å²) in [5, 5.41) is 1.93. The minimum absolute atomic E-state index is 0.417. The van der Waals surface area contributed by atoms with Crippen molar-refractivity contribution >= 4 is 11.3 Å². The van der Waals surface area contributed by atoms with Gasteiger partial charge in [0.2, 0.25) is 0 Å². The lowest BCUT2D eigenvalue weighted by molar-refractivity contribution is 0.440. The lowest BCUT2D eigenvalue weighted by atomic mass is 10.2. The molecule has 0 saturated carbocycles. The first-order valence-electron chi connectivity index (χ1n) is 3.11. The van der Waals surface area contributed by atoms with Gasteiger partial charge in [0.15, 0.2) is 0 Å². The highest BCUT2D eigenvalue weighted by molar-refractivity contribution is 7.10. The molecule has 0 fully saturated rings. The normalized spacial score (nSPS) is 13.5. The molecule has 0 aromatic carbocycles. The van der Waals surface area contributed by atoms with Gasteiger partial charge in [-0.15, -0.1) is 11.3 Å². The van der Waals surface area contributed by atoms with Crippen LogP contribution in [0.3, 0.4) is 0 Å². The number of nitrogens with two attached hydrogens (primary N) is 1. The van der Waals surface area contributed by atoms with Crippen LogP contribution in [0.5, 0.6) is 0 Å². The van der Waals surface area contributed by atoms with Crippen molar-refractivity contribution < 1.29 is 4.39 Å². The zero-order valence-electron chi connectivity index (χ0n) is 5.80. The van der Waals surface area contributed by atoms with Gasteiger partial charge in [-0.1, -0.05) is 0 Å². The largest absolute Gasteiger partial charge is 0.321 e. The van der Waals surface area contributed by atoms with Crippen molar-refractivity contribution in [1.82, 2.24) is 0 Å². The van der Waals surface area contributed by atoms with E-state index in [0.717, 1.165) is 10.4 Å². The maximum atomic E-state index is 12.0. The molecule has 10 heavy (non-hydrogen) atoms. The van der Waals surface area contributed by atoms with Crippen LogP contribution >= 0.6 is 11.3 Å². The van der Waals surface area contributed by atoms with Gasteiger partial charge in [0.25, 0.3) is 0 Å². The van der Waals surface area contributed by atoms with Gasteiger partial charge in [0.05, 0.1) is 6.04 Å². The number of hydrogen-bond donors (Lipinski definition) is 1. The Bertz CT molecular complexity index is 209. The molecule has 0 bridgehead atoms. The van der Waals surface area contributed by atoms with Crippen LogP contribution in [0, 0.1) is 6.92 Å². The predicted molar refractivity (Wildman–Crippen MR) is 42.0 cm³/mol. The number of hydrogen-bond acceptors (Lipinski definition) is 2. The summed E-state index contributed by atoms with van der Waals surface area (Å²) in [7, 11) is 0. The van der Waals surface area contributed by atoms with E-state index in [1.165, 1.54) is 11.3 Å². The van der Waals surface area contributed by atoms with Gasteiger partial charge in [-0.25, -0.2) is 4.39 Å². The van der Waals surface area contributed by atoms with Crippen molar-refractivity contribution in [2.45, 2.75) is 13.0 Å². The SMILES string of the molecule is Cc1ccsc1[C@@H](N)CF. The number of rotatable bonds is 2. The van der Waals surface area contributed by atoms with E-state index in [-0.39, 0.29) is 0 Å². The first kappa shape index (κ1) is 7.69. The van der Waals surface area contributed by atoms with Crippen molar-refractivity contribution in [3.8, 4) is 0 Å². The molecule has 1 aromatic rings. The van der Waals surface area contributed by atoms with E-state index < -0.39 is 12.7 Å². The van der Waals surface area contributed by atoms with Crippen molar-refractivity contribution in [2.24, 2.45) is 5.73 Å². The van der Waals surface area contributed by atoms with Crippen LogP contribution in [-0.4, -0.2) is 6.67 Å². The second kappa shape index (κ2) is 3.12. The monoisotopic (exact) mass is 159 g/mol. The minimum Gasteiger partial charge on any atom is -0.321 e. The molecule has 1 aromatic heterocycles. The molecule has 0 unspecified atom stereocenters. The van der Waals surface area contributed by atoms with Gasteiger partial charge in [-0.2, -0.15) is 0 Å². The quantitative estimate of drug-likeness (QED) is 0.702. The van der Waals surface area contributed by atoms with Crippen LogP contribution in [-0.2, 0) is 0 Å². The highest BCUT2D eigenvalue weighted by Crippen LogP contribution is 2.21. The molecular formula is C7H10FNS. The van der Waals surface area contributed by atoms with Crippen LogP contribution < -0.4 is 5.73 Å². The maximum absolute atomic E-state index is 12.0. The Balaban J connectivity index is 2.82. The van der Waals surface area contributed by atoms with Crippen molar-refractivity contribution in [3.05, 3.63) is 21.9 Å². The molecule has 1 heterocycles. The first-order chi connectivity index (χ1) is 4.75. The molecule has 0 saturated heterocycles. The van der Waals surface area contributed by atoms with Gasteiger partial charge in [0, 0.05) is 4.88 Å². The lowest BCUT2D eigenvalue weighted by Gasteiger charge is -2.03. The predicted octanol–water partition coefficient (Wildman–Crippen LogP) is 2.03. The van der Waals surface area contributed by atoms with Crippen molar-refractivity contribution in [2.75, 3.05) is 6.67 Å². The van der Waals surface area contributed by atoms with Crippen molar-refractivity contribution in [3.63, 3.8) is 0 Å². The Morgan fingerprint density at radius 3 is 2.90 bits per heavy atom. The Morgan fingerprint density at radius 1 is 1.80 bits per heavy atom. The number of thiophene rings is 1. The third-order valence-corrected chi connectivity index (χ3v) is 2.56. The fraction of sp³-hybridized carbons (Fsp3) is 0.429. The van der Waals surface area contributed by atoms with E-state index in [0.29, 0.717) is 0 Å². The summed E-state index contributed by atoms with van der Waals surface area (Å²) in [4.78, 5) is 0.961. The molecule has 1 atom stereocenters. The highest BCUT2D eigenvalue weighted by atomic mass is 32.1. The molecule has 0 aliphatic rings. The van der Waals surface area contributed by atoms with Gasteiger partial charge >= 0.3 is 0 Å². The molecule has 0 spiro atoms. The van der Waals surface area contributed by atoms with E-state index in [2.05, 4.69) is 0 Å². The number of aryl methyl sites for hydroxylation is 1. The molecule has 0 radical (unpaired) electrons. The summed E-state index contributed by atoms with van der Waals surface area (Å²) < 4.78 is 12.0. The van der Waals surface area contributed by atoms with Crippen LogP contribution in [0.15, 0.2) is 11.4 Å². The Hall–Kier alpha value is -0.410. The standard InChI is InChI=1S/C7H10FNS/c1-5-2-3-10-7(5)6(9)4-8/h2-3,6H,4,9H2,1H3/t6-/m0/s1. The minimum atomic E-state index is -0.471. The van der Waals surface area contributed by atoms with Crippen LogP contribution in [0.2, 0.25) is 0 Å². The fourth-order valence-corrected chi connectivity index (χ4v) is 1.74. The average molecular weight is 159 g/mol. The van der Waals surface area contributed by atoms with E-state index in [4.69, 9.17) is 5.73 Å². The van der Waals surface area contributed by atoms with Gasteiger partial charge < -0.3 is 5.73 Å². The average Bonchev–Trinajstić information content (AvgIpc) is 2.34. The second-order valence-electron chi connectivity index (χ2n) is 2.23. The smallest absolute Gasteiger partial charge is 0.109 e. The van der Waals surface area contributed by atoms with Gasteiger partial charge in [-0.05, 0) is 23.9 Å². The van der Waals surface area contributed by atoms with Crippen LogP contribution in [0.25, 0.3) is 0 Å². The third kappa shape index (κ3) is 1.36. The maximum Gasteiger partial charge on any atom is 0.109 e. The van der Waals surface area contributed by atoms with Crippen molar-refractivity contribution in [1.29, 1.82) is 0 Å². The molecule has 1 nitrogen and oxygen atoms in total. The zero-order chi connectivity index (χ0) is 7.56. The fourth-order valence-electron chi connectivity index (χ4n) is 0.834. The molecular weight excluding hydrogens is 149 g/mol. The van der Waals surface area contributed by atoms with E-state index in [1.54, 1.807) is 0 Å². The highest BCUT2D eigenvalue weighted by Gasteiger charge is 2.08. The van der Waals surface area contributed by atoms with Gasteiger partial charge in [-0.3, -0.25) is 0 Å². The lowest BCUT2D eigenvalue weighted by Crippen LogP contribution is -2.11. The Morgan fingerprint density at radius 2 is 2.50 bits per heavy atom. The summed E-state index contributed by atoms with van der Waals surface area (Å²) in [6.07, 6.45) is 0. The molecule has 0 amide bonds. The third-order valence-electron chi connectivity index (χ3n) is 1.40. The topological polar surface area (TPSA) is 26.0 Å². The summed E-state index contributed by atoms with van der Waals surface area (Å²) in [5.41, 5.74) is 6.57. The molecule has 3 heteroatoms. The summed E-state index contributed by atoms with van der Waals surface area (Å²) >= 11 is 1.52. The van der Waals surface area contributed by atoms with E-state index in [9.17, 15) is 4.39 Å². The Labute approximate surface area is 63.7 Å². The summed E-state index contributed by atoms with van der Waals surface area (Å²) in [6.45, 7) is 1.47. The molecule has 2 N–H and O–H groups in total.